The van der Waals surface area contributed by atoms with Crippen molar-refractivity contribution in [1.82, 2.24) is 10.0 Å². The van der Waals surface area contributed by atoms with Gasteiger partial charge in [-0.3, -0.25) is 9.52 Å². The van der Waals surface area contributed by atoms with Crippen LogP contribution in [0, 0.1) is 0 Å². The summed E-state index contributed by atoms with van der Waals surface area (Å²) in [5, 5.41) is 2.41. The molecule has 1 aromatic rings. The maximum Gasteiger partial charge on any atom is 0.408 e. The predicted octanol–water partition coefficient (Wildman–Crippen LogP) is 1.96. The average Bonchev–Trinajstić information content (AvgIpc) is 2.36. The number of hydrogen-bond donors (Lipinski definition) is 2. The number of carbonyl (C=O) groups excluding carboxylic acids is 2. The first-order chi connectivity index (χ1) is 10.9. The summed E-state index contributed by atoms with van der Waals surface area (Å²) in [5.74, 6) is -0.828. The van der Waals surface area contributed by atoms with Crippen LogP contribution in [0.5, 0.6) is 0 Å². The van der Waals surface area contributed by atoms with Crippen LogP contribution in [0.25, 0.3) is 0 Å². The number of sulfonamides is 1. The van der Waals surface area contributed by atoms with E-state index in [1.165, 1.54) is 0 Å². The molecule has 0 bridgehead atoms. The van der Waals surface area contributed by atoms with Gasteiger partial charge >= 0.3 is 6.09 Å². The number of carbonyl (C=O) groups is 2. The van der Waals surface area contributed by atoms with Crippen LogP contribution < -0.4 is 10.0 Å². The van der Waals surface area contributed by atoms with Crippen molar-refractivity contribution in [3.05, 3.63) is 34.3 Å². The lowest BCUT2D eigenvalue weighted by atomic mass is 10.1. The Morgan fingerprint density at radius 3 is 2.21 bits per heavy atom. The highest BCUT2D eigenvalue weighted by molar-refractivity contribution is 9.10. The minimum Gasteiger partial charge on any atom is -0.444 e. The fourth-order valence-electron chi connectivity index (χ4n) is 1.77. The standard InChI is InChI=1S/C15H21BrN2O5S/c1-15(2,3)23-14(20)17-12(13(19)18-24(4,21)22)9-10-5-7-11(16)8-6-10/h5-8,12H,9H2,1-4H3,(H,17,20)(H,18,19). The van der Waals surface area contributed by atoms with Crippen LogP contribution in [0.1, 0.15) is 26.3 Å². The van der Waals surface area contributed by atoms with E-state index in [-0.39, 0.29) is 6.42 Å². The monoisotopic (exact) mass is 420 g/mol. The van der Waals surface area contributed by atoms with Gasteiger partial charge in [-0.2, -0.15) is 0 Å². The van der Waals surface area contributed by atoms with Gasteiger partial charge in [-0.15, -0.1) is 0 Å². The third kappa shape index (κ3) is 8.30. The third-order valence-electron chi connectivity index (χ3n) is 2.65. The van der Waals surface area contributed by atoms with E-state index in [1.54, 1.807) is 45.0 Å². The number of halogens is 1. The Labute approximate surface area is 150 Å². The minimum absolute atomic E-state index is 0.119. The topological polar surface area (TPSA) is 102 Å². The molecule has 0 aliphatic heterocycles. The van der Waals surface area contributed by atoms with Crippen LogP contribution in [0.2, 0.25) is 0 Å². The van der Waals surface area contributed by atoms with Crippen LogP contribution >= 0.6 is 15.9 Å². The number of benzene rings is 1. The third-order valence-corrected chi connectivity index (χ3v) is 3.75. The smallest absolute Gasteiger partial charge is 0.408 e. The van der Waals surface area contributed by atoms with E-state index >= 15 is 0 Å². The van der Waals surface area contributed by atoms with Crippen molar-refractivity contribution in [1.29, 1.82) is 0 Å². The summed E-state index contributed by atoms with van der Waals surface area (Å²) in [5.41, 5.74) is 0.0161. The fraction of sp³-hybridized carbons (Fsp3) is 0.467. The van der Waals surface area contributed by atoms with Crippen LogP contribution in [0.4, 0.5) is 4.79 Å². The second kappa shape index (κ2) is 7.98. The molecular weight excluding hydrogens is 400 g/mol. The molecule has 0 saturated carbocycles. The van der Waals surface area contributed by atoms with Gasteiger partial charge in [0.1, 0.15) is 11.6 Å². The number of nitrogens with one attached hydrogen (secondary N) is 2. The normalized spacial score (nSPS) is 13.0. The summed E-state index contributed by atoms with van der Waals surface area (Å²) in [4.78, 5) is 24.1. The molecule has 1 unspecified atom stereocenters. The van der Waals surface area contributed by atoms with Gasteiger partial charge in [-0.05, 0) is 38.5 Å². The van der Waals surface area contributed by atoms with E-state index < -0.39 is 33.7 Å². The first-order valence-corrected chi connectivity index (χ1v) is 9.80. The van der Waals surface area contributed by atoms with E-state index in [2.05, 4.69) is 21.2 Å². The molecule has 134 valence electrons. The lowest BCUT2D eigenvalue weighted by molar-refractivity contribution is -0.121. The Balaban J connectivity index is 2.91. The van der Waals surface area contributed by atoms with E-state index in [0.717, 1.165) is 16.3 Å². The molecule has 2 N–H and O–H groups in total. The summed E-state index contributed by atoms with van der Waals surface area (Å²) < 4.78 is 30.4. The molecule has 1 atom stereocenters. The lowest BCUT2D eigenvalue weighted by Crippen LogP contribution is -2.50. The Kier molecular flexibility index (Phi) is 6.79. The number of rotatable bonds is 5. The lowest BCUT2D eigenvalue weighted by Gasteiger charge is -2.23. The van der Waals surface area contributed by atoms with Crippen molar-refractivity contribution in [3.8, 4) is 0 Å². The molecule has 7 nitrogen and oxygen atoms in total. The van der Waals surface area contributed by atoms with Crippen LogP contribution in [-0.4, -0.2) is 38.3 Å². The molecule has 0 aliphatic rings. The second-order valence-electron chi connectivity index (χ2n) is 6.27. The summed E-state index contributed by atoms with van der Waals surface area (Å²) >= 11 is 3.31. The zero-order valence-corrected chi connectivity index (χ0v) is 16.3. The van der Waals surface area contributed by atoms with Crippen molar-refractivity contribution in [3.63, 3.8) is 0 Å². The highest BCUT2D eigenvalue weighted by Crippen LogP contribution is 2.13. The molecule has 0 heterocycles. The molecule has 0 aromatic heterocycles. The van der Waals surface area contributed by atoms with Gasteiger partial charge in [-0.25, -0.2) is 13.2 Å². The zero-order valence-electron chi connectivity index (χ0n) is 13.9. The quantitative estimate of drug-likeness (QED) is 0.757. The summed E-state index contributed by atoms with van der Waals surface area (Å²) in [6.07, 6.45) is 0.191. The molecule has 9 heteroatoms. The highest BCUT2D eigenvalue weighted by atomic mass is 79.9. The van der Waals surface area contributed by atoms with Gasteiger partial charge in [0, 0.05) is 10.9 Å². The molecule has 0 aliphatic carbocycles. The van der Waals surface area contributed by atoms with Crippen molar-refractivity contribution >= 4 is 38.0 Å². The second-order valence-corrected chi connectivity index (χ2v) is 8.93. The van der Waals surface area contributed by atoms with Crippen molar-refractivity contribution in [2.75, 3.05) is 6.26 Å². The Morgan fingerprint density at radius 2 is 1.75 bits per heavy atom. The maximum absolute atomic E-state index is 12.2. The molecule has 0 fully saturated rings. The molecule has 0 saturated heterocycles. The Hall–Kier alpha value is -1.61. The van der Waals surface area contributed by atoms with E-state index in [9.17, 15) is 18.0 Å². The van der Waals surface area contributed by atoms with Gasteiger partial charge in [-0.1, -0.05) is 28.1 Å². The summed E-state index contributed by atoms with van der Waals surface area (Å²) in [6, 6.07) is 6.02. The van der Waals surface area contributed by atoms with Crippen LogP contribution in [0.3, 0.4) is 0 Å². The SMILES string of the molecule is CC(C)(C)OC(=O)NC(Cc1ccc(Br)cc1)C(=O)NS(C)(=O)=O. The molecule has 0 radical (unpaired) electrons. The average molecular weight is 421 g/mol. The first kappa shape index (κ1) is 20.4. The molecule has 24 heavy (non-hydrogen) atoms. The fourth-order valence-corrected chi connectivity index (χ4v) is 2.54. The van der Waals surface area contributed by atoms with Crippen molar-refractivity contribution in [2.45, 2.75) is 38.8 Å². The van der Waals surface area contributed by atoms with Gasteiger partial charge in [0.15, 0.2) is 0 Å². The van der Waals surface area contributed by atoms with Gasteiger partial charge in [0.05, 0.1) is 6.26 Å². The van der Waals surface area contributed by atoms with Gasteiger partial charge in [0.25, 0.3) is 5.91 Å². The van der Waals surface area contributed by atoms with Crippen molar-refractivity contribution in [2.24, 2.45) is 0 Å². The molecule has 0 spiro atoms. The number of hydrogen-bond acceptors (Lipinski definition) is 5. The Bertz CT molecular complexity index is 696. The predicted molar refractivity (Wildman–Crippen MR) is 94.0 cm³/mol. The first-order valence-electron chi connectivity index (χ1n) is 7.11. The van der Waals surface area contributed by atoms with Gasteiger partial charge < -0.3 is 10.1 Å². The van der Waals surface area contributed by atoms with Gasteiger partial charge in [0.2, 0.25) is 10.0 Å². The summed E-state index contributed by atoms with van der Waals surface area (Å²) in [6.45, 7) is 5.06. The van der Waals surface area contributed by atoms with E-state index in [0.29, 0.717) is 0 Å². The number of alkyl carbamates (subject to hydrolysis) is 1. The highest BCUT2D eigenvalue weighted by Gasteiger charge is 2.26. The zero-order chi connectivity index (χ0) is 18.5. The van der Waals surface area contributed by atoms with Crippen molar-refractivity contribution < 1.29 is 22.7 Å². The number of amides is 2. The van der Waals surface area contributed by atoms with E-state index in [1.807, 2.05) is 4.72 Å². The van der Waals surface area contributed by atoms with Crippen LogP contribution in [-0.2, 0) is 26.0 Å². The maximum atomic E-state index is 12.2. The van der Waals surface area contributed by atoms with E-state index in [4.69, 9.17) is 4.74 Å². The largest absolute Gasteiger partial charge is 0.444 e. The summed E-state index contributed by atoms with van der Waals surface area (Å²) in [7, 11) is -3.74. The molecule has 1 aromatic carbocycles. The molecule has 2 amide bonds. The minimum atomic E-state index is -3.74. The number of ether oxygens (including phenoxy) is 1. The molecule has 1 rings (SSSR count). The molecular formula is C15H21BrN2O5S. The Morgan fingerprint density at radius 1 is 1.21 bits per heavy atom. The van der Waals surface area contributed by atoms with Crippen LogP contribution in [0.15, 0.2) is 28.7 Å².